The van der Waals surface area contributed by atoms with Gasteiger partial charge in [0.15, 0.2) is 0 Å². The van der Waals surface area contributed by atoms with Crippen LogP contribution in [0.4, 0.5) is 10.5 Å². The van der Waals surface area contributed by atoms with E-state index < -0.39 is 28.1 Å². The smallest absolute Gasteiger partial charge is 0.410 e. The molecule has 4 heterocycles. The highest BCUT2D eigenvalue weighted by atomic mass is 35.5. The van der Waals surface area contributed by atoms with E-state index in [1.807, 2.05) is 6.07 Å². The first-order chi connectivity index (χ1) is 23.6. The summed E-state index contributed by atoms with van der Waals surface area (Å²) < 4.78 is 52.0. The zero-order valence-corrected chi connectivity index (χ0v) is 31.4. The molecule has 3 aliphatic heterocycles. The topological polar surface area (TPSA) is 122 Å². The van der Waals surface area contributed by atoms with Crippen molar-refractivity contribution in [1.82, 2.24) is 14.7 Å². The molecule has 4 aromatic rings. The third kappa shape index (κ3) is 6.95. The van der Waals surface area contributed by atoms with Gasteiger partial charge in [0.2, 0.25) is 6.10 Å². The van der Waals surface area contributed by atoms with E-state index in [1.165, 1.54) is 50.8 Å². The van der Waals surface area contributed by atoms with Crippen LogP contribution in [0.2, 0.25) is 5.02 Å². The molecule has 1 atom stereocenters. The van der Waals surface area contributed by atoms with Crippen LogP contribution in [-0.4, -0.2) is 102 Å². The Kier molecular flexibility index (Phi) is 11.7. The zero-order valence-electron chi connectivity index (χ0n) is 28.2. The number of rotatable bonds is 7. The maximum absolute atomic E-state index is 14.4. The lowest BCUT2D eigenvalue weighted by molar-refractivity contribution is -0.125. The molecule has 2 amide bonds. The molecule has 1 unspecified atom stereocenters. The number of nitrogens with zero attached hydrogens (tertiary/aromatic N) is 4. The number of fused-ring (bicyclic) bond motifs is 2. The summed E-state index contributed by atoms with van der Waals surface area (Å²) in [6.45, 7) is 4.25. The van der Waals surface area contributed by atoms with Crippen molar-refractivity contribution in [3.05, 3.63) is 71.4 Å². The van der Waals surface area contributed by atoms with Crippen LogP contribution in [0, 0.1) is 0 Å². The Morgan fingerprint density at radius 3 is 2.33 bits per heavy atom. The molecule has 2 saturated heterocycles. The normalized spacial score (nSPS) is 18.6. The first-order valence-corrected chi connectivity index (χ1v) is 17.9. The van der Waals surface area contributed by atoms with E-state index in [0.29, 0.717) is 59.0 Å². The molecule has 0 radical (unpaired) electrons. The number of methoxy groups -OCH3 is 2. The van der Waals surface area contributed by atoms with Crippen molar-refractivity contribution in [1.29, 1.82) is 0 Å². The number of carbonyl (C=O) groups excluding carboxylic acids is 2. The van der Waals surface area contributed by atoms with Gasteiger partial charge in [0.1, 0.15) is 22.0 Å². The Morgan fingerprint density at radius 1 is 0.922 bits per heavy atom. The molecule has 0 N–H and O–H groups in total. The fourth-order valence-corrected chi connectivity index (χ4v) is 8.94. The van der Waals surface area contributed by atoms with Crippen LogP contribution >= 0.6 is 36.4 Å². The first kappa shape index (κ1) is 38.5. The van der Waals surface area contributed by atoms with Gasteiger partial charge in [0, 0.05) is 65.4 Å². The van der Waals surface area contributed by atoms with Crippen molar-refractivity contribution in [2.24, 2.45) is 0 Å². The van der Waals surface area contributed by atoms with E-state index in [-0.39, 0.29) is 51.7 Å². The van der Waals surface area contributed by atoms with Crippen LogP contribution in [0.25, 0.3) is 22.1 Å². The van der Waals surface area contributed by atoms with Gasteiger partial charge in [-0.05, 0) is 63.3 Å². The minimum absolute atomic E-state index is 0. The van der Waals surface area contributed by atoms with Gasteiger partial charge >= 0.3 is 6.09 Å². The van der Waals surface area contributed by atoms with Gasteiger partial charge in [-0.15, -0.1) is 24.8 Å². The molecule has 7 rings (SSSR count). The molecule has 3 aliphatic rings. The fourth-order valence-electron chi connectivity index (χ4n) is 7.09. The van der Waals surface area contributed by atoms with E-state index in [9.17, 15) is 18.0 Å². The second-order valence-electron chi connectivity index (χ2n) is 12.4. The van der Waals surface area contributed by atoms with Crippen molar-refractivity contribution in [3.8, 4) is 22.6 Å². The summed E-state index contributed by atoms with van der Waals surface area (Å²) in [6.07, 6.45) is 1.35. The van der Waals surface area contributed by atoms with Crippen LogP contribution in [0.15, 0.2) is 70.2 Å². The maximum Gasteiger partial charge on any atom is 0.410 e. The first-order valence-electron chi connectivity index (χ1n) is 16.1. The molecule has 3 aromatic carbocycles. The lowest BCUT2D eigenvalue weighted by Gasteiger charge is -2.42. The molecular weight excluding hydrogens is 743 g/mol. The molecule has 16 heteroatoms. The molecule has 51 heavy (non-hydrogen) atoms. The zero-order chi connectivity index (χ0) is 34.4. The van der Waals surface area contributed by atoms with Crippen LogP contribution in [0.1, 0.15) is 24.5 Å². The Hall–Kier alpha value is -3.72. The van der Waals surface area contributed by atoms with E-state index >= 15 is 0 Å². The quantitative estimate of drug-likeness (QED) is 0.213. The third-order valence-corrected chi connectivity index (χ3v) is 11.8. The maximum atomic E-state index is 14.4. The van der Waals surface area contributed by atoms with Gasteiger partial charge in [0.25, 0.3) is 15.9 Å². The third-order valence-electron chi connectivity index (χ3n) is 9.71. The van der Waals surface area contributed by atoms with Crippen LogP contribution in [0.3, 0.4) is 0 Å². The highest BCUT2D eigenvalue weighted by Crippen LogP contribution is 2.50. The van der Waals surface area contributed by atoms with Crippen molar-refractivity contribution < 1.29 is 36.6 Å². The summed E-state index contributed by atoms with van der Waals surface area (Å²) in [7, 11) is 0.289. The fraction of sp³-hybridized carbons (Fsp3) is 0.371. The predicted molar refractivity (Wildman–Crippen MR) is 198 cm³/mol. The number of amides is 2. The second kappa shape index (κ2) is 15.5. The Bertz CT molecular complexity index is 2030. The standard InChI is InChI=1S/C35H37ClN4O8S.2ClH/c1-37-14-11-23(12-15-37)38-16-18-39(19-17-38)35(42)48-33-31-27(9-8-26(36)30(31)25-6-4-5-22-13-20-47-32(22)25)40(34(33)41)49(43,44)29-10-7-24(45-2)21-28(29)46-3;;/h4-10,13,20-21,23,33H,11-12,14-19H2,1-3H3;2*1H. The minimum atomic E-state index is -4.61. The number of sulfonamides is 1. The Balaban J connectivity index is 0.00000252. The van der Waals surface area contributed by atoms with Gasteiger partial charge in [-0.25, -0.2) is 13.2 Å². The Labute approximate surface area is 314 Å². The number of hydrogen-bond donors (Lipinski definition) is 0. The number of likely N-dealkylation sites (tertiary alicyclic amines) is 1. The van der Waals surface area contributed by atoms with E-state index in [0.717, 1.165) is 31.3 Å². The van der Waals surface area contributed by atoms with Gasteiger partial charge in [-0.1, -0.05) is 29.8 Å². The molecule has 274 valence electrons. The van der Waals surface area contributed by atoms with Crippen molar-refractivity contribution in [2.75, 3.05) is 64.8 Å². The van der Waals surface area contributed by atoms with Crippen molar-refractivity contribution >= 4 is 75.1 Å². The number of piperazine rings is 1. The number of benzene rings is 3. The average Bonchev–Trinajstić information content (AvgIpc) is 3.71. The highest BCUT2D eigenvalue weighted by molar-refractivity contribution is 7.93. The molecular formula is C35H39Cl3N4O8S. The number of hydrogen-bond acceptors (Lipinski definition) is 10. The molecule has 2 fully saturated rings. The van der Waals surface area contributed by atoms with Gasteiger partial charge in [-0.3, -0.25) is 9.69 Å². The number of carbonyl (C=O) groups is 2. The number of halogens is 3. The number of anilines is 1. The average molecular weight is 782 g/mol. The van der Waals surface area contributed by atoms with E-state index in [2.05, 4.69) is 16.8 Å². The summed E-state index contributed by atoms with van der Waals surface area (Å²) in [5.74, 6) is -0.611. The lowest BCUT2D eigenvalue weighted by atomic mass is 9.95. The number of piperidine rings is 1. The SMILES string of the molecule is COc1ccc(S(=O)(=O)N2C(=O)C(OC(=O)N3CCN(C4CCN(C)CC4)CC3)c3c2ccc(Cl)c3-c2cccc3ccoc23)c(OC)c1.Cl.Cl. The number of furan rings is 1. The molecule has 0 bridgehead atoms. The lowest BCUT2D eigenvalue weighted by Crippen LogP contribution is -2.54. The summed E-state index contributed by atoms with van der Waals surface area (Å²) in [5.41, 5.74) is 1.49. The number of para-hydroxylation sites is 1. The predicted octanol–water partition coefficient (Wildman–Crippen LogP) is 6.24. The van der Waals surface area contributed by atoms with Crippen molar-refractivity contribution in [3.63, 3.8) is 0 Å². The second-order valence-corrected chi connectivity index (χ2v) is 14.6. The largest absolute Gasteiger partial charge is 0.497 e. The summed E-state index contributed by atoms with van der Waals surface area (Å²) in [5, 5.41) is 1.00. The monoisotopic (exact) mass is 780 g/mol. The summed E-state index contributed by atoms with van der Waals surface area (Å²) in [6, 6.07) is 14.8. The molecule has 0 spiro atoms. The van der Waals surface area contributed by atoms with E-state index in [1.54, 1.807) is 23.1 Å². The minimum Gasteiger partial charge on any atom is -0.497 e. The molecule has 0 aliphatic carbocycles. The van der Waals surface area contributed by atoms with Crippen LogP contribution in [0.5, 0.6) is 11.5 Å². The van der Waals surface area contributed by atoms with Crippen LogP contribution < -0.4 is 13.8 Å². The highest BCUT2D eigenvalue weighted by Gasteiger charge is 2.50. The van der Waals surface area contributed by atoms with E-state index in [4.69, 9.17) is 30.2 Å². The number of ether oxygens (including phenoxy) is 3. The van der Waals surface area contributed by atoms with Gasteiger partial charge in [-0.2, -0.15) is 4.31 Å². The van der Waals surface area contributed by atoms with Crippen molar-refractivity contribution in [2.45, 2.75) is 29.9 Å². The van der Waals surface area contributed by atoms with Crippen LogP contribution in [-0.2, 0) is 19.6 Å². The molecule has 12 nitrogen and oxygen atoms in total. The van der Waals surface area contributed by atoms with Gasteiger partial charge < -0.3 is 28.4 Å². The molecule has 0 saturated carbocycles. The Morgan fingerprint density at radius 2 is 1.65 bits per heavy atom. The summed E-state index contributed by atoms with van der Waals surface area (Å²) in [4.78, 5) is 34.3. The molecule has 1 aromatic heterocycles. The summed E-state index contributed by atoms with van der Waals surface area (Å²) >= 11 is 6.85. The van der Waals surface area contributed by atoms with Gasteiger partial charge in [0.05, 0.1) is 26.2 Å².